The highest BCUT2D eigenvalue weighted by Crippen LogP contribution is 2.65. The van der Waals surface area contributed by atoms with Crippen LogP contribution >= 0.6 is 22.9 Å². The molecule has 0 aliphatic heterocycles. The molecule has 1 unspecified atom stereocenters. The molecule has 214 valence electrons. The highest BCUT2D eigenvalue weighted by atomic mass is 35.5. The number of thiophene rings is 1. The van der Waals surface area contributed by atoms with Crippen molar-refractivity contribution in [2.75, 3.05) is 0 Å². The second kappa shape index (κ2) is 8.76. The van der Waals surface area contributed by atoms with Crippen LogP contribution in [0.4, 0.5) is 0 Å². The molecule has 0 bridgehead atoms. The summed E-state index contributed by atoms with van der Waals surface area (Å²) in [5, 5.41) is 5.69. The lowest BCUT2D eigenvalue weighted by Crippen LogP contribution is -2.26. The van der Waals surface area contributed by atoms with Crippen molar-refractivity contribution in [3.8, 4) is 33.4 Å². The number of fused-ring (bicyclic) bond motifs is 17. The average molecular weight is 623 g/mol. The SMILES string of the molecule is Clc1ccc2c(c1)C1(c3ccccc3-c3ccc(-c4cccc5c4oc4ccccc45)cc31)c1ccc3sc4ccccc4c3c1-2. The number of furan rings is 1. The van der Waals surface area contributed by atoms with Gasteiger partial charge in [0, 0.05) is 41.5 Å². The van der Waals surface area contributed by atoms with Gasteiger partial charge in [0.05, 0.1) is 5.41 Å². The van der Waals surface area contributed by atoms with Gasteiger partial charge in [-0.3, -0.25) is 0 Å². The molecule has 46 heavy (non-hydrogen) atoms. The molecule has 9 aromatic rings. The molecule has 0 N–H and O–H groups in total. The Hall–Kier alpha value is -5.15. The maximum atomic E-state index is 6.90. The van der Waals surface area contributed by atoms with E-state index in [0.29, 0.717) is 0 Å². The predicted octanol–water partition coefficient (Wildman–Crippen LogP) is 12.6. The number of hydrogen-bond donors (Lipinski definition) is 0. The van der Waals surface area contributed by atoms with E-state index in [1.807, 2.05) is 17.4 Å². The molecule has 3 heteroatoms. The molecule has 2 aliphatic carbocycles. The maximum Gasteiger partial charge on any atom is 0.143 e. The Balaban J connectivity index is 1.28. The van der Waals surface area contributed by atoms with Gasteiger partial charge in [-0.25, -0.2) is 0 Å². The van der Waals surface area contributed by atoms with Gasteiger partial charge in [0.15, 0.2) is 0 Å². The monoisotopic (exact) mass is 622 g/mol. The van der Waals surface area contributed by atoms with Crippen LogP contribution in [-0.4, -0.2) is 0 Å². The fraction of sp³-hybridized carbons (Fsp3) is 0.0233. The molecule has 1 nitrogen and oxygen atoms in total. The molecule has 2 aliphatic rings. The van der Waals surface area contributed by atoms with E-state index in [-0.39, 0.29) is 0 Å². The summed E-state index contributed by atoms with van der Waals surface area (Å²) in [6.45, 7) is 0. The van der Waals surface area contributed by atoms with Crippen molar-refractivity contribution in [2.45, 2.75) is 5.41 Å². The van der Waals surface area contributed by atoms with Crippen molar-refractivity contribution >= 4 is 65.0 Å². The summed E-state index contributed by atoms with van der Waals surface area (Å²) in [5.41, 5.74) is 13.9. The van der Waals surface area contributed by atoms with E-state index in [9.17, 15) is 0 Å². The first kappa shape index (κ1) is 25.1. The summed E-state index contributed by atoms with van der Waals surface area (Å²) >= 11 is 8.77. The zero-order chi connectivity index (χ0) is 30.1. The zero-order valence-electron chi connectivity index (χ0n) is 24.5. The predicted molar refractivity (Wildman–Crippen MR) is 193 cm³/mol. The Kier molecular flexibility index (Phi) is 4.78. The van der Waals surface area contributed by atoms with Gasteiger partial charge in [0.2, 0.25) is 0 Å². The standard InChI is InChI=1S/C43H23ClOS/c44-25-17-19-31-36(23-25)43(34-20-21-39-41(40(31)34)32-10-3-6-15-38(32)46-39)33-13-4-1-8-27(33)28-18-16-24(22-35(28)43)26-11-7-12-30-29-9-2-5-14-37(29)45-42(26)30/h1-23H. The lowest BCUT2D eigenvalue weighted by atomic mass is 9.70. The molecule has 2 aromatic heterocycles. The van der Waals surface area contributed by atoms with Crippen LogP contribution in [0.15, 0.2) is 144 Å². The van der Waals surface area contributed by atoms with Gasteiger partial charge in [-0.05, 0) is 86.5 Å². The maximum absolute atomic E-state index is 6.90. The summed E-state index contributed by atoms with van der Waals surface area (Å²) < 4.78 is 9.16. The van der Waals surface area contributed by atoms with Gasteiger partial charge in [-0.1, -0.05) is 115 Å². The molecular weight excluding hydrogens is 600 g/mol. The first-order valence-corrected chi connectivity index (χ1v) is 16.8. The average Bonchev–Trinajstić information content (AvgIpc) is 3.82. The summed E-state index contributed by atoms with van der Waals surface area (Å²) in [5.74, 6) is 0. The third kappa shape index (κ3) is 2.97. The van der Waals surface area contributed by atoms with Crippen molar-refractivity contribution in [1.82, 2.24) is 0 Å². The summed E-state index contributed by atoms with van der Waals surface area (Å²) in [6.07, 6.45) is 0. The first-order valence-electron chi connectivity index (χ1n) is 15.6. The Morgan fingerprint density at radius 2 is 1.24 bits per heavy atom. The van der Waals surface area contributed by atoms with Gasteiger partial charge < -0.3 is 4.42 Å². The van der Waals surface area contributed by atoms with Crippen LogP contribution in [0.5, 0.6) is 0 Å². The van der Waals surface area contributed by atoms with Crippen molar-refractivity contribution in [3.05, 3.63) is 167 Å². The van der Waals surface area contributed by atoms with Gasteiger partial charge in [-0.15, -0.1) is 11.3 Å². The summed E-state index contributed by atoms with van der Waals surface area (Å²) in [7, 11) is 0. The zero-order valence-corrected chi connectivity index (χ0v) is 26.0. The van der Waals surface area contributed by atoms with E-state index in [2.05, 4.69) is 133 Å². The van der Waals surface area contributed by atoms with Crippen LogP contribution in [0.2, 0.25) is 5.02 Å². The van der Waals surface area contributed by atoms with Crippen LogP contribution in [0, 0.1) is 0 Å². The second-order valence-electron chi connectivity index (χ2n) is 12.5. The van der Waals surface area contributed by atoms with E-state index in [0.717, 1.165) is 38.1 Å². The van der Waals surface area contributed by atoms with E-state index >= 15 is 0 Å². The normalized spacial score (nSPS) is 16.0. The fourth-order valence-electron chi connectivity index (χ4n) is 8.60. The van der Waals surface area contributed by atoms with E-state index in [1.54, 1.807) is 0 Å². The molecule has 0 saturated carbocycles. The number of para-hydroxylation sites is 2. The highest BCUT2D eigenvalue weighted by Gasteiger charge is 2.52. The minimum absolute atomic E-state index is 0.503. The number of rotatable bonds is 1. The number of halogens is 1. The quantitative estimate of drug-likeness (QED) is 0.177. The van der Waals surface area contributed by atoms with Crippen LogP contribution in [0.3, 0.4) is 0 Å². The van der Waals surface area contributed by atoms with Crippen LogP contribution in [-0.2, 0) is 5.41 Å². The van der Waals surface area contributed by atoms with Crippen LogP contribution in [0.25, 0.3) is 75.5 Å². The van der Waals surface area contributed by atoms with Crippen LogP contribution in [0.1, 0.15) is 22.3 Å². The van der Waals surface area contributed by atoms with Gasteiger partial charge in [-0.2, -0.15) is 0 Å². The summed E-state index contributed by atoms with van der Waals surface area (Å²) in [4.78, 5) is 0. The van der Waals surface area contributed by atoms with Crippen molar-refractivity contribution in [1.29, 1.82) is 0 Å². The molecule has 0 fully saturated rings. The third-order valence-corrected chi connectivity index (χ3v) is 11.7. The minimum atomic E-state index is -0.503. The molecular formula is C43H23ClOS. The molecule has 0 saturated heterocycles. The Labute approximate surface area is 273 Å². The van der Waals surface area contributed by atoms with E-state index in [1.165, 1.54) is 64.7 Å². The Morgan fingerprint density at radius 1 is 0.500 bits per heavy atom. The number of benzene rings is 7. The highest BCUT2D eigenvalue weighted by molar-refractivity contribution is 7.26. The molecule has 2 heterocycles. The van der Waals surface area contributed by atoms with Crippen molar-refractivity contribution in [3.63, 3.8) is 0 Å². The molecule has 7 aromatic carbocycles. The van der Waals surface area contributed by atoms with Gasteiger partial charge in [0.1, 0.15) is 11.2 Å². The molecule has 0 radical (unpaired) electrons. The first-order chi connectivity index (χ1) is 22.7. The van der Waals surface area contributed by atoms with Crippen molar-refractivity contribution < 1.29 is 4.42 Å². The third-order valence-electron chi connectivity index (χ3n) is 10.4. The Morgan fingerprint density at radius 3 is 2.20 bits per heavy atom. The topological polar surface area (TPSA) is 13.1 Å². The molecule has 1 atom stereocenters. The number of hydrogen-bond acceptors (Lipinski definition) is 2. The molecule has 1 spiro atoms. The fourth-order valence-corrected chi connectivity index (χ4v) is 9.89. The minimum Gasteiger partial charge on any atom is -0.455 e. The van der Waals surface area contributed by atoms with Gasteiger partial charge in [0.25, 0.3) is 0 Å². The molecule has 0 amide bonds. The molecule has 11 rings (SSSR count). The lowest BCUT2D eigenvalue weighted by molar-refractivity contribution is 0.670. The van der Waals surface area contributed by atoms with E-state index in [4.69, 9.17) is 16.0 Å². The largest absolute Gasteiger partial charge is 0.455 e. The second-order valence-corrected chi connectivity index (χ2v) is 14.0. The van der Waals surface area contributed by atoms with Crippen molar-refractivity contribution in [2.24, 2.45) is 0 Å². The Bertz CT molecular complexity index is 2780. The summed E-state index contributed by atoms with van der Waals surface area (Å²) in [6, 6.07) is 50.8. The van der Waals surface area contributed by atoms with Crippen LogP contribution < -0.4 is 0 Å². The lowest BCUT2D eigenvalue weighted by Gasteiger charge is -2.31. The van der Waals surface area contributed by atoms with Gasteiger partial charge >= 0.3 is 0 Å². The van der Waals surface area contributed by atoms with E-state index < -0.39 is 5.41 Å². The smallest absolute Gasteiger partial charge is 0.143 e.